The van der Waals surface area contributed by atoms with Crippen molar-refractivity contribution in [3.05, 3.63) is 53.6 Å². The molecule has 0 unspecified atom stereocenters. The molecule has 1 atom stereocenters. The highest BCUT2D eigenvalue weighted by Crippen LogP contribution is 2.22. The number of halogens is 1. The summed E-state index contributed by atoms with van der Waals surface area (Å²) in [6, 6.07) is 14.6. The van der Waals surface area contributed by atoms with Crippen molar-refractivity contribution < 1.29 is 14.3 Å². The largest absolute Gasteiger partial charge is 0.490 e. The number of hydrogen-bond donors (Lipinski definition) is 1. The topological polar surface area (TPSA) is 50.8 Å². The number of benzene rings is 2. The molecule has 1 fully saturated rings. The van der Waals surface area contributed by atoms with E-state index in [-0.39, 0.29) is 12.0 Å². The molecule has 1 amide bonds. The number of nitrogens with zero attached hydrogens (tertiary/aromatic N) is 1. The molecule has 1 saturated heterocycles. The zero-order chi connectivity index (χ0) is 19.9. The third-order valence-electron chi connectivity index (χ3n) is 4.83. The first-order chi connectivity index (χ1) is 13.5. The minimum atomic E-state index is -0.589. The summed E-state index contributed by atoms with van der Waals surface area (Å²) in [4.78, 5) is 14.9. The maximum absolute atomic E-state index is 12.6. The Morgan fingerprint density at radius 3 is 2.54 bits per heavy atom. The molecule has 1 N–H and O–H groups in total. The van der Waals surface area contributed by atoms with Gasteiger partial charge < -0.3 is 19.7 Å². The number of ether oxygens (including phenoxy) is 2. The molecule has 3 rings (SSSR count). The lowest BCUT2D eigenvalue weighted by Gasteiger charge is -2.29. The van der Waals surface area contributed by atoms with Gasteiger partial charge in [-0.3, -0.25) is 4.79 Å². The lowest BCUT2D eigenvalue weighted by molar-refractivity contribution is -0.122. The zero-order valence-corrected chi connectivity index (χ0v) is 17.1. The van der Waals surface area contributed by atoms with E-state index in [1.54, 1.807) is 24.3 Å². The van der Waals surface area contributed by atoms with Crippen molar-refractivity contribution in [2.24, 2.45) is 0 Å². The predicted molar refractivity (Wildman–Crippen MR) is 112 cm³/mol. The Kier molecular flexibility index (Phi) is 7.18. The van der Waals surface area contributed by atoms with Crippen LogP contribution in [0.15, 0.2) is 48.5 Å². The minimum Gasteiger partial charge on any atom is -0.490 e. The average Bonchev–Trinajstić information content (AvgIpc) is 2.69. The van der Waals surface area contributed by atoms with Gasteiger partial charge in [0, 0.05) is 23.8 Å². The van der Waals surface area contributed by atoms with Crippen LogP contribution in [0, 0.1) is 0 Å². The van der Waals surface area contributed by atoms with Gasteiger partial charge >= 0.3 is 0 Å². The molecule has 0 aromatic heterocycles. The van der Waals surface area contributed by atoms with Gasteiger partial charge in [0.2, 0.25) is 0 Å². The summed E-state index contributed by atoms with van der Waals surface area (Å²) in [7, 11) is 2.13. The first kappa shape index (κ1) is 20.5. The summed E-state index contributed by atoms with van der Waals surface area (Å²) in [5.41, 5.74) is 0.717. The molecule has 6 heteroatoms. The summed E-state index contributed by atoms with van der Waals surface area (Å²) in [5.74, 6) is 1.22. The number of hydrogen-bond acceptors (Lipinski definition) is 4. The first-order valence-electron chi connectivity index (χ1n) is 9.72. The second-order valence-electron chi connectivity index (χ2n) is 7.11. The SMILES string of the molecule is CC[C@H](Oc1cccc(Cl)c1)C(=O)Nc1ccc(OC2CCN(C)CC2)cc1. The molecular weight excluding hydrogens is 376 g/mol. The van der Waals surface area contributed by atoms with Crippen molar-refractivity contribution in [2.45, 2.75) is 38.4 Å². The van der Waals surface area contributed by atoms with Crippen molar-refractivity contribution >= 4 is 23.2 Å². The Bertz CT molecular complexity index is 774. The summed E-state index contributed by atoms with van der Waals surface area (Å²) in [5, 5.41) is 3.48. The van der Waals surface area contributed by atoms with Gasteiger partial charge in [0.1, 0.15) is 17.6 Å². The number of piperidine rings is 1. The van der Waals surface area contributed by atoms with E-state index in [0.717, 1.165) is 31.7 Å². The highest BCUT2D eigenvalue weighted by molar-refractivity contribution is 6.30. The van der Waals surface area contributed by atoms with Crippen LogP contribution in [0.25, 0.3) is 0 Å². The molecule has 2 aromatic rings. The molecule has 0 spiro atoms. The van der Waals surface area contributed by atoms with Gasteiger partial charge in [0.25, 0.3) is 5.91 Å². The average molecular weight is 403 g/mol. The lowest BCUT2D eigenvalue weighted by atomic mass is 10.1. The highest BCUT2D eigenvalue weighted by atomic mass is 35.5. The van der Waals surface area contributed by atoms with Gasteiger partial charge in [-0.1, -0.05) is 24.6 Å². The van der Waals surface area contributed by atoms with E-state index >= 15 is 0 Å². The van der Waals surface area contributed by atoms with Crippen LogP contribution in [-0.4, -0.2) is 43.2 Å². The molecule has 0 bridgehead atoms. The zero-order valence-electron chi connectivity index (χ0n) is 16.4. The van der Waals surface area contributed by atoms with Crippen molar-refractivity contribution in [1.29, 1.82) is 0 Å². The third-order valence-corrected chi connectivity index (χ3v) is 5.06. The van der Waals surface area contributed by atoms with Crippen molar-refractivity contribution in [3.8, 4) is 11.5 Å². The summed E-state index contributed by atoms with van der Waals surface area (Å²) in [6.45, 7) is 4.03. The van der Waals surface area contributed by atoms with Crippen molar-refractivity contribution in [1.82, 2.24) is 4.90 Å². The molecular formula is C22H27ClN2O3. The van der Waals surface area contributed by atoms with Crippen LogP contribution in [0.3, 0.4) is 0 Å². The number of amides is 1. The Hall–Kier alpha value is -2.24. The Balaban J connectivity index is 1.54. The van der Waals surface area contributed by atoms with Crippen LogP contribution in [0.5, 0.6) is 11.5 Å². The number of carbonyl (C=O) groups is 1. The summed E-state index contributed by atoms with van der Waals surface area (Å²) < 4.78 is 11.8. The molecule has 0 aliphatic carbocycles. The van der Waals surface area contributed by atoms with Crippen LogP contribution >= 0.6 is 11.6 Å². The van der Waals surface area contributed by atoms with E-state index in [2.05, 4.69) is 17.3 Å². The normalized spacial score (nSPS) is 16.4. The Morgan fingerprint density at radius 2 is 1.89 bits per heavy atom. The number of nitrogens with one attached hydrogen (secondary N) is 1. The fourth-order valence-electron chi connectivity index (χ4n) is 3.16. The molecule has 0 radical (unpaired) electrons. The Labute approximate surface area is 171 Å². The molecule has 150 valence electrons. The molecule has 28 heavy (non-hydrogen) atoms. The highest BCUT2D eigenvalue weighted by Gasteiger charge is 2.20. The van der Waals surface area contributed by atoms with Crippen LogP contribution in [0.1, 0.15) is 26.2 Å². The standard InChI is InChI=1S/C22H27ClN2O3/c1-3-21(28-20-6-4-5-16(23)15-20)22(26)24-17-7-9-18(10-8-17)27-19-11-13-25(2)14-12-19/h4-10,15,19,21H,3,11-14H2,1-2H3,(H,24,26)/t21-/m0/s1. The van der Waals surface area contributed by atoms with Gasteiger partial charge in [-0.25, -0.2) is 0 Å². The summed E-state index contributed by atoms with van der Waals surface area (Å²) >= 11 is 5.98. The number of carbonyl (C=O) groups excluding carboxylic acids is 1. The number of rotatable bonds is 7. The van der Waals surface area contributed by atoms with Gasteiger partial charge in [0.15, 0.2) is 6.10 Å². The van der Waals surface area contributed by atoms with Crippen LogP contribution in [-0.2, 0) is 4.79 Å². The van der Waals surface area contributed by atoms with E-state index in [4.69, 9.17) is 21.1 Å². The van der Waals surface area contributed by atoms with Gasteiger partial charge in [0.05, 0.1) is 0 Å². The van der Waals surface area contributed by atoms with Gasteiger partial charge in [-0.05, 0) is 68.8 Å². The van der Waals surface area contributed by atoms with E-state index in [1.807, 2.05) is 31.2 Å². The van der Waals surface area contributed by atoms with Gasteiger partial charge in [-0.15, -0.1) is 0 Å². The molecule has 1 heterocycles. The van der Waals surface area contributed by atoms with E-state index in [0.29, 0.717) is 22.9 Å². The lowest BCUT2D eigenvalue weighted by Crippen LogP contribution is -2.35. The predicted octanol–water partition coefficient (Wildman–Crippen LogP) is 4.61. The van der Waals surface area contributed by atoms with E-state index < -0.39 is 6.10 Å². The maximum atomic E-state index is 12.6. The van der Waals surface area contributed by atoms with Crippen molar-refractivity contribution in [2.75, 3.05) is 25.5 Å². The quantitative estimate of drug-likeness (QED) is 0.734. The van der Waals surface area contributed by atoms with Crippen LogP contribution in [0.4, 0.5) is 5.69 Å². The second kappa shape index (κ2) is 9.80. The fourth-order valence-corrected chi connectivity index (χ4v) is 3.34. The molecule has 5 nitrogen and oxygen atoms in total. The second-order valence-corrected chi connectivity index (χ2v) is 7.54. The monoisotopic (exact) mass is 402 g/mol. The fraction of sp³-hybridized carbons (Fsp3) is 0.409. The smallest absolute Gasteiger partial charge is 0.265 e. The number of anilines is 1. The van der Waals surface area contributed by atoms with E-state index in [9.17, 15) is 4.79 Å². The molecule has 0 saturated carbocycles. The number of likely N-dealkylation sites (tertiary alicyclic amines) is 1. The maximum Gasteiger partial charge on any atom is 0.265 e. The van der Waals surface area contributed by atoms with Crippen molar-refractivity contribution in [3.63, 3.8) is 0 Å². The third kappa shape index (κ3) is 5.88. The van der Waals surface area contributed by atoms with Gasteiger partial charge in [-0.2, -0.15) is 0 Å². The molecule has 1 aliphatic rings. The molecule has 1 aliphatic heterocycles. The van der Waals surface area contributed by atoms with Crippen LogP contribution in [0.2, 0.25) is 5.02 Å². The first-order valence-corrected chi connectivity index (χ1v) is 10.1. The van der Waals surface area contributed by atoms with E-state index in [1.165, 1.54) is 0 Å². The summed E-state index contributed by atoms with van der Waals surface area (Å²) in [6.07, 6.45) is 2.29. The minimum absolute atomic E-state index is 0.188. The Morgan fingerprint density at radius 1 is 1.18 bits per heavy atom. The van der Waals surface area contributed by atoms with Crippen LogP contribution < -0.4 is 14.8 Å². The molecule has 2 aromatic carbocycles.